The molecule has 74 heavy (non-hydrogen) atoms. The molecular weight excluding hydrogens is 1090 g/mol. The Balaban J connectivity index is 1.52. The van der Waals surface area contributed by atoms with Gasteiger partial charge in [-0.2, -0.15) is 42.1 Å². The van der Waals surface area contributed by atoms with E-state index in [1.165, 1.54) is 24.3 Å². The number of carbonyl (C=O) groups excluding carboxylic acids is 3. The summed E-state index contributed by atoms with van der Waals surface area (Å²) < 4.78 is 168. The molecule has 0 saturated heterocycles. The molecule has 27 nitrogen and oxygen atoms in total. The lowest BCUT2D eigenvalue weighted by Gasteiger charge is -2.28. The van der Waals surface area contributed by atoms with Crippen molar-refractivity contribution in [1.82, 2.24) is 14.7 Å². The van der Waals surface area contributed by atoms with Crippen LogP contribution in [0.1, 0.15) is 61.5 Å². The standard InChI is InChI=1S/C42H43N3O24S5/c46-34-19-28(72(61,62)63)16-31(37(34)49)40(52)43(12-5-13-45(23-25-7-4-9-27(15-25)71(58,59)60)42(54)33-18-30(74(67,68)69)21-36(48)39(33)51)10-1-2-11-44(22-24-6-3-8-26(14-24)70(55,56)57)41(53)32-17-29(73(64,65)66)20-35(47)38(32)50/h3-4,6-9,14-21,46-51H,1-2,5,10-13,22-23H2,(H,55,56,57)(H,58,59,60)(H,61,62,63)(H,64,65,66)(H,67,68,69). The summed E-state index contributed by atoms with van der Waals surface area (Å²) in [5, 5.41) is 63.0. The average Bonchev–Trinajstić information content (AvgIpc) is 3.29. The van der Waals surface area contributed by atoms with E-state index in [0.717, 1.165) is 39.0 Å². The normalized spacial score (nSPS) is 12.3. The number of phenols is 6. The van der Waals surface area contributed by atoms with E-state index in [9.17, 15) is 110 Å². The van der Waals surface area contributed by atoms with E-state index >= 15 is 0 Å². The van der Waals surface area contributed by atoms with E-state index in [2.05, 4.69) is 0 Å². The van der Waals surface area contributed by atoms with Gasteiger partial charge in [0, 0.05) is 57.5 Å². The number of hydrogen-bond donors (Lipinski definition) is 11. The molecule has 0 aliphatic carbocycles. The van der Waals surface area contributed by atoms with Crippen molar-refractivity contribution in [3.63, 3.8) is 0 Å². The average molecular weight is 1130 g/mol. The number of phenolic OH excluding ortho intramolecular Hbond substituents is 6. The smallest absolute Gasteiger partial charge is 0.294 e. The minimum absolute atomic E-state index is 0.0180. The van der Waals surface area contributed by atoms with Crippen LogP contribution in [0.25, 0.3) is 0 Å². The third-order valence-electron chi connectivity index (χ3n) is 10.7. The van der Waals surface area contributed by atoms with Crippen LogP contribution in [0.2, 0.25) is 0 Å². The zero-order chi connectivity index (χ0) is 55.5. The minimum Gasteiger partial charge on any atom is -0.504 e. The molecule has 0 heterocycles. The van der Waals surface area contributed by atoms with Crippen LogP contribution < -0.4 is 0 Å². The minimum atomic E-state index is -5.16. The molecule has 0 aliphatic rings. The summed E-state index contributed by atoms with van der Waals surface area (Å²) in [6, 6.07) is 11.6. The molecule has 0 fully saturated rings. The molecule has 0 saturated carbocycles. The van der Waals surface area contributed by atoms with Gasteiger partial charge in [0.1, 0.15) is 0 Å². The maximum Gasteiger partial charge on any atom is 0.294 e. The number of hydrogen-bond acceptors (Lipinski definition) is 19. The van der Waals surface area contributed by atoms with Crippen LogP contribution in [0.5, 0.6) is 34.5 Å². The van der Waals surface area contributed by atoms with Gasteiger partial charge >= 0.3 is 0 Å². The first kappa shape index (κ1) is 57.8. The van der Waals surface area contributed by atoms with E-state index in [-0.39, 0.29) is 30.4 Å². The summed E-state index contributed by atoms with van der Waals surface area (Å²) >= 11 is 0. The van der Waals surface area contributed by atoms with Crippen LogP contribution >= 0.6 is 0 Å². The Morgan fingerprint density at radius 3 is 0.932 bits per heavy atom. The lowest BCUT2D eigenvalue weighted by Crippen LogP contribution is -2.37. The lowest BCUT2D eigenvalue weighted by molar-refractivity contribution is 0.0686. The maximum absolute atomic E-state index is 14.2. The fraction of sp³-hybridized carbons (Fsp3) is 0.214. The molecule has 5 rings (SSSR count). The molecule has 0 radical (unpaired) electrons. The maximum atomic E-state index is 14.2. The SMILES string of the molecule is O=C(c1cc(S(=O)(=O)O)cc(O)c1O)N(CCCCN(Cc1cccc(S(=O)(=O)O)c1)C(=O)c1cc(S(=O)(=O)O)cc(O)c1O)CCCN(Cc1cccc(S(=O)(=O)O)c1)C(=O)c1cc(S(=O)(=O)O)cc(O)c1O. The van der Waals surface area contributed by atoms with Gasteiger partial charge in [0.25, 0.3) is 68.3 Å². The first-order chi connectivity index (χ1) is 34.1. The summed E-state index contributed by atoms with van der Waals surface area (Å²) in [5.41, 5.74) is -2.72. The van der Waals surface area contributed by atoms with Crippen LogP contribution in [0, 0.1) is 0 Å². The fourth-order valence-corrected chi connectivity index (χ4v) is 9.84. The third-order valence-corrected chi connectivity index (χ3v) is 14.9. The Kier molecular flexibility index (Phi) is 17.3. The summed E-state index contributed by atoms with van der Waals surface area (Å²) in [5.74, 6) is -10.8. The molecule has 32 heteroatoms. The monoisotopic (exact) mass is 1130 g/mol. The Hall–Kier alpha value is -7.14. The number of nitrogens with zero attached hydrogens (tertiary/aromatic N) is 3. The van der Waals surface area contributed by atoms with Crippen molar-refractivity contribution in [3.05, 3.63) is 113 Å². The summed E-state index contributed by atoms with van der Waals surface area (Å²) in [6.45, 7) is -3.17. The molecule has 3 amide bonds. The Morgan fingerprint density at radius 2 is 0.622 bits per heavy atom. The van der Waals surface area contributed by atoms with Crippen molar-refractivity contribution in [2.45, 2.75) is 56.8 Å². The summed E-state index contributed by atoms with van der Waals surface area (Å²) in [6.07, 6.45) is -0.803. The molecule has 0 aliphatic heterocycles. The quantitative estimate of drug-likeness (QED) is 0.0285. The lowest BCUT2D eigenvalue weighted by atomic mass is 10.1. The highest BCUT2D eigenvalue weighted by molar-refractivity contribution is 7.86. The molecule has 0 aromatic heterocycles. The van der Waals surface area contributed by atoms with Crippen molar-refractivity contribution < 1.29 is 110 Å². The molecule has 400 valence electrons. The molecule has 0 spiro atoms. The van der Waals surface area contributed by atoms with E-state index in [1.807, 2.05) is 0 Å². The molecule has 5 aromatic carbocycles. The number of rotatable bonds is 21. The molecule has 11 N–H and O–H groups in total. The van der Waals surface area contributed by atoms with Crippen LogP contribution in [-0.2, 0) is 63.7 Å². The van der Waals surface area contributed by atoms with E-state index in [4.69, 9.17) is 0 Å². The van der Waals surface area contributed by atoms with Gasteiger partial charge in [-0.25, -0.2) is 0 Å². The summed E-state index contributed by atoms with van der Waals surface area (Å²) in [7, 11) is -25.0. The van der Waals surface area contributed by atoms with Gasteiger partial charge in [-0.15, -0.1) is 0 Å². The Morgan fingerprint density at radius 1 is 0.351 bits per heavy atom. The predicted octanol–water partition coefficient (Wildman–Crippen LogP) is 2.45. The van der Waals surface area contributed by atoms with Crippen LogP contribution in [0.15, 0.2) is 109 Å². The predicted molar refractivity (Wildman–Crippen MR) is 251 cm³/mol. The second-order valence-electron chi connectivity index (χ2n) is 16.0. The van der Waals surface area contributed by atoms with Gasteiger partial charge in [-0.1, -0.05) is 24.3 Å². The summed E-state index contributed by atoms with van der Waals surface area (Å²) in [4.78, 5) is 40.6. The van der Waals surface area contributed by atoms with Crippen molar-refractivity contribution in [2.75, 3.05) is 26.2 Å². The van der Waals surface area contributed by atoms with Crippen molar-refractivity contribution in [2.24, 2.45) is 0 Å². The van der Waals surface area contributed by atoms with Gasteiger partial charge in [0.15, 0.2) is 34.5 Å². The van der Waals surface area contributed by atoms with Crippen LogP contribution in [0.4, 0.5) is 0 Å². The topological polar surface area (TPSA) is 454 Å². The Labute approximate surface area is 421 Å². The fourth-order valence-electron chi connectivity index (χ4n) is 7.15. The number of amides is 3. The number of benzene rings is 5. The molecule has 0 atom stereocenters. The highest BCUT2D eigenvalue weighted by Crippen LogP contribution is 2.36. The zero-order valence-corrected chi connectivity index (χ0v) is 41.6. The largest absolute Gasteiger partial charge is 0.504 e. The highest BCUT2D eigenvalue weighted by atomic mass is 32.2. The van der Waals surface area contributed by atoms with E-state index in [1.54, 1.807) is 0 Å². The van der Waals surface area contributed by atoms with E-state index in [0.29, 0.717) is 36.4 Å². The second-order valence-corrected chi connectivity index (χ2v) is 23.1. The van der Waals surface area contributed by atoms with Crippen molar-refractivity contribution in [1.29, 1.82) is 0 Å². The number of unbranched alkanes of at least 4 members (excludes halogenated alkanes) is 1. The Bertz CT molecular complexity index is 3630. The number of aromatic hydroxyl groups is 6. The first-order valence-corrected chi connectivity index (χ1v) is 27.9. The number of carbonyl (C=O) groups is 3. The molecular formula is C42H43N3O24S5. The van der Waals surface area contributed by atoms with Gasteiger partial charge in [-0.05, 0) is 72.9 Å². The van der Waals surface area contributed by atoms with Gasteiger partial charge in [-0.3, -0.25) is 37.1 Å². The molecule has 0 unspecified atom stereocenters. The second kappa shape index (κ2) is 22.1. The van der Waals surface area contributed by atoms with Crippen LogP contribution in [0.3, 0.4) is 0 Å². The van der Waals surface area contributed by atoms with E-state index < -0.39 is 183 Å². The molecule has 0 bridgehead atoms. The third kappa shape index (κ3) is 14.3. The van der Waals surface area contributed by atoms with Gasteiger partial charge < -0.3 is 45.3 Å². The van der Waals surface area contributed by atoms with Crippen molar-refractivity contribution >= 4 is 68.3 Å². The van der Waals surface area contributed by atoms with Crippen molar-refractivity contribution in [3.8, 4) is 34.5 Å². The zero-order valence-electron chi connectivity index (χ0n) is 37.6. The highest BCUT2D eigenvalue weighted by Gasteiger charge is 2.30. The van der Waals surface area contributed by atoms with Crippen LogP contribution in [-0.4, -0.2) is 154 Å². The van der Waals surface area contributed by atoms with Gasteiger partial charge in [0.2, 0.25) is 0 Å². The first-order valence-electron chi connectivity index (χ1n) is 20.7. The van der Waals surface area contributed by atoms with Gasteiger partial charge in [0.05, 0.1) is 41.2 Å². The molecule has 5 aromatic rings.